The van der Waals surface area contributed by atoms with Crippen molar-refractivity contribution in [2.45, 2.75) is 57.1 Å². The SMILES string of the molecule is CCC(=O)N1CCC(O)CC12CCC2. The van der Waals surface area contributed by atoms with Crippen molar-refractivity contribution in [1.29, 1.82) is 0 Å². The second kappa shape index (κ2) is 3.54. The number of nitrogens with zero attached hydrogens (tertiary/aromatic N) is 1. The number of hydrogen-bond donors (Lipinski definition) is 1. The lowest BCUT2D eigenvalue weighted by Crippen LogP contribution is -2.61. The van der Waals surface area contributed by atoms with Crippen LogP contribution in [0.15, 0.2) is 0 Å². The molecule has 1 heterocycles. The second-order valence-electron chi connectivity index (χ2n) is 4.62. The molecule has 2 aliphatic rings. The Bertz CT molecular complexity index is 235. The maximum Gasteiger partial charge on any atom is 0.222 e. The number of rotatable bonds is 1. The van der Waals surface area contributed by atoms with Crippen LogP contribution in [0.5, 0.6) is 0 Å². The van der Waals surface area contributed by atoms with Crippen LogP contribution < -0.4 is 0 Å². The van der Waals surface area contributed by atoms with Crippen LogP contribution in [0.4, 0.5) is 0 Å². The summed E-state index contributed by atoms with van der Waals surface area (Å²) in [5.74, 6) is 0.261. The molecule has 0 aromatic carbocycles. The van der Waals surface area contributed by atoms with Crippen molar-refractivity contribution < 1.29 is 9.90 Å². The van der Waals surface area contributed by atoms with E-state index >= 15 is 0 Å². The van der Waals surface area contributed by atoms with Crippen LogP contribution in [0.25, 0.3) is 0 Å². The fourth-order valence-corrected chi connectivity index (χ4v) is 2.81. The predicted molar refractivity (Wildman–Crippen MR) is 53.8 cm³/mol. The highest BCUT2D eigenvalue weighted by molar-refractivity contribution is 5.77. The van der Waals surface area contributed by atoms with Crippen LogP contribution in [0, 0.1) is 0 Å². The lowest BCUT2D eigenvalue weighted by molar-refractivity contribution is -0.149. The summed E-state index contributed by atoms with van der Waals surface area (Å²) in [5.41, 5.74) is 0.0464. The van der Waals surface area contributed by atoms with Crippen molar-refractivity contribution in [1.82, 2.24) is 4.90 Å². The summed E-state index contributed by atoms with van der Waals surface area (Å²) in [4.78, 5) is 13.8. The van der Waals surface area contributed by atoms with Gasteiger partial charge in [-0.15, -0.1) is 0 Å². The van der Waals surface area contributed by atoms with Gasteiger partial charge in [0.15, 0.2) is 0 Å². The Labute approximate surface area is 85.1 Å². The van der Waals surface area contributed by atoms with Gasteiger partial charge in [0, 0.05) is 18.5 Å². The molecule has 0 radical (unpaired) electrons. The quantitative estimate of drug-likeness (QED) is 0.688. The highest BCUT2D eigenvalue weighted by Crippen LogP contribution is 2.44. The van der Waals surface area contributed by atoms with Gasteiger partial charge in [0.25, 0.3) is 0 Å². The number of piperidine rings is 1. The van der Waals surface area contributed by atoms with Gasteiger partial charge in [-0.3, -0.25) is 4.79 Å². The van der Waals surface area contributed by atoms with Gasteiger partial charge >= 0.3 is 0 Å². The van der Waals surface area contributed by atoms with Crippen molar-refractivity contribution >= 4 is 5.91 Å². The van der Waals surface area contributed by atoms with Crippen molar-refractivity contribution in [2.24, 2.45) is 0 Å². The first-order valence-electron chi connectivity index (χ1n) is 5.66. The van der Waals surface area contributed by atoms with Gasteiger partial charge in [-0.2, -0.15) is 0 Å². The van der Waals surface area contributed by atoms with E-state index in [0.717, 1.165) is 32.2 Å². The molecule has 3 nitrogen and oxygen atoms in total. The highest BCUT2D eigenvalue weighted by Gasteiger charge is 2.47. The Morgan fingerprint density at radius 2 is 2.29 bits per heavy atom. The van der Waals surface area contributed by atoms with E-state index in [1.54, 1.807) is 0 Å². The normalized spacial score (nSPS) is 30.1. The summed E-state index contributed by atoms with van der Waals surface area (Å²) in [5, 5.41) is 9.64. The van der Waals surface area contributed by atoms with E-state index < -0.39 is 0 Å². The van der Waals surface area contributed by atoms with E-state index in [1.165, 1.54) is 6.42 Å². The molecule has 1 saturated carbocycles. The summed E-state index contributed by atoms with van der Waals surface area (Å²) in [7, 11) is 0. The second-order valence-corrected chi connectivity index (χ2v) is 4.62. The van der Waals surface area contributed by atoms with Gasteiger partial charge < -0.3 is 10.0 Å². The van der Waals surface area contributed by atoms with E-state index in [2.05, 4.69) is 0 Å². The molecule has 1 amide bonds. The fraction of sp³-hybridized carbons (Fsp3) is 0.909. The number of aliphatic hydroxyl groups excluding tert-OH is 1. The molecule has 3 heteroatoms. The third-order valence-corrected chi connectivity index (χ3v) is 3.76. The van der Waals surface area contributed by atoms with Crippen molar-refractivity contribution in [3.05, 3.63) is 0 Å². The van der Waals surface area contributed by atoms with E-state index in [1.807, 2.05) is 11.8 Å². The molecule has 1 aliphatic carbocycles. The van der Waals surface area contributed by atoms with E-state index in [-0.39, 0.29) is 17.6 Å². The zero-order valence-corrected chi connectivity index (χ0v) is 8.83. The first kappa shape index (κ1) is 9.97. The smallest absolute Gasteiger partial charge is 0.222 e. The Morgan fingerprint density at radius 1 is 1.57 bits per heavy atom. The van der Waals surface area contributed by atoms with Gasteiger partial charge in [-0.25, -0.2) is 0 Å². The maximum atomic E-state index is 11.7. The molecule has 0 aromatic heterocycles. The zero-order valence-electron chi connectivity index (χ0n) is 8.83. The van der Waals surface area contributed by atoms with Crippen LogP contribution in [0.2, 0.25) is 0 Å². The molecule has 0 bridgehead atoms. The molecular formula is C11H19NO2. The molecule has 14 heavy (non-hydrogen) atoms. The van der Waals surface area contributed by atoms with E-state index in [4.69, 9.17) is 0 Å². The summed E-state index contributed by atoms with van der Waals surface area (Å²) < 4.78 is 0. The predicted octanol–water partition coefficient (Wildman–Crippen LogP) is 1.30. The largest absolute Gasteiger partial charge is 0.393 e. The average Bonchev–Trinajstić information content (AvgIpc) is 2.14. The van der Waals surface area contributed by atoms with Gasteiger partial charge in [-0.1, -0.05) is 6.92 Å². The Kier molecular flexibility index (Phi) is 2.52. The minimum Gasteiger partial charge on any atom is -0.393 e. The van der Waals surface area contributed by atoms with Crippen LogP contribution in [-0.2, 0) is 4.79 Å². The number of likely N-dealkylation sites (tertiary alicyclic amines) is 1. The lowest BCUT2D eigenvalue weighted by atomic mass is 9.69. The van der Waals surface area contributed by atoms with Crippen molar-refractivity contribution in [3.63, 3.8) is 0 Å². The monoisotopic (exact) mass is 197 g/mol. The molecule has 1 spiro atoms. The molecule has 80 valence electrons. The van der Waals surface area contributed by atoms with Gasteiger partial charge in [0.1, 0.15) is 0 Å². The van der Waals surface area contributed by atoms with E-state index in [0.29, 0.717) is 6.42 Å². The Balaban J connectivity index is 2.11. The molecule has 2 fully saturated rings. The standard InChI is InChI=1S/C11H19NO2/c1-2-10(14)12-7-4-9(13)8-11(12)5-3-6-11/h9,13H,2-8H2,1H3. The third-order valence-electron chi connectivity index (χ3n) is 3.76. The summed E-state index contributed by atoms with van der Waals surface area (Å²) in [6.45, 7) is 2.67. The minimum atomic E-state index is -0.184. The van der Waals surface area contributed by atoms with Crippen LogP contribution in [0.3, 0.4) is 0 Å². The van der Waals surface area contributed by atoms with E-state index in [9.17, 15) is 9.90 Å². The topological polar surface area (TPSA) is 40.5 Å². The molecule has 1 N–H and O–H groups in total. The first-order chi connectivity index (χ1) is 6.68. The molecule has 1 atom stereocenters. The number of aliphatic hydroxyl groups is 1. The summed E-state index contributed by atoms with van der Waals surface area (Å²) in [6.07, 6.45) is 5.37. The van der Waals surface area contributed by atoms with Crippen molar-refractivity contribution in [2.75, 3.05) is 6.54 Å². The molecular weight excluding hydrogens is 178 g/mol. The average molecular weight is 197 g/mol. The van der Waals surface area contributed by atoms with Gasteiger partial charge in [0.2, 0.25) is 5.91 Å². The molecule has 1 aliphatic heterocycles. The lowest BCUT2D eigenvalue weighted by Gasteiger charge is -2.54. The molecule has 2 rings (SSSR count). The Morgan fingerprint density at radius 3 is 2.79 bits per heavy atom. The summed E-state index contributed by atoms with van der Waals surface area (Å²) >= 11 is 0. The maximum absolute atomic E-state index is 11.7. The minimum absolute atomic E-state index is 0.0464. The molecule has 0 aromatic rings. The summed E-state index contributed by atoms with van der Waals surface area (Å²) in [6, 6.07) is 0. The Hall–Kier alpha value is -0.570. The zero-order chi connectivity index (χ0) is 10.2. The number of amides is 1. The fourth-order valence-electron chi connectivity index (χ4n) is 2.81. The van der Waals surface area contributed by atoms with Crippen LogP contribution in [0.1, 0.15) is 45.4 Å². The number of carbonyl (C=O) groups excluding carboxylic acids is 1. The van der Waals surface area contributed by atoms with Gasteiger partial charge in [-0.05, 0) is 32.1 Å². The van der Waals surface area contributed by atoms with Gasteiger partial charge in [0.05, 0.1) is 6.10 Å². The van der Waals surface area contributed by atoms with Crippen LogP contribution >= 0.6 is 0 Å². The molecule has 1 unspecified atom stereocenters. The number of hydrogen-bond acceptors (Lipinski definition) is 2. The third kappa shape index (κ3) is 1.44. The highest BCUT2D eigenvalue weighted by atomic mass is 16.3. The van der Waals surface area contributed by atoms with Crippen LogP contribution in [-0.4, -0.2) is 34.1 Å². The van der Waals surface area contributed by atoms with Crippen molar-refractivity contribution in [3.8, 4) is 0 Å². The molecule has 1 saturated heterocycles. The number of carbonyl (C=O) groups is 1. The first-order valence-corrected chi connectivity index (χ1v) is 5.66.